The number of nitrogens with zero attached hydrogens (tertiary/aromatic N) is 4. The van der Waals surface area contributed by atoms with Gasteiger partial charge in [-0.2, -0.15) is 9.29 Å². The SMILES string of the molecule is COc1nccc(OC2CCN(C(=O)c3ccc(S(=O)(=O)N4CCCCC4)cc3)CC2)n1. The van der Waals surface area contributed by atoms with Crippen molar-refractivity contribution in [1.82, 2.24) is 19.2 Å². The van der Waals surface area contributed by atoms with E-state index in [1.807, 2.05) is 0 Å². The molecule has 4 rings (SSSR count). The number of carbonyl (C=O) groups is 1. The van der Waals surface area contributed by atoms with E-state index in [1.54, 1.807) is 29.3 Å². The maximum absolute atomic E-state index is 12.9. The zero-order chi connectivity index (χ0) is 22.6. The largest absolute Gasteiger partial charge is 0.474 e. The summed E-state index contributed by atoms with van der Waals surface area (Å²) in [6.45, 7) is 2.22. The molecular formula is C22H28N4O5S. The lowest BCUT2D eigenvalue weighted by atomic mass is 10.1. The minimum atomic E-state index is -3.50. The van der Waals surface area contributed by atoms with Crippen LogP contribution in [0.15, 0.2) is 41.4 Å². The van der Waals surface area contributed by atoms with E-state index in [0.29, 0.717) is 50.5 Å². The molecule has 0 atom stereocenters. The van der Waals surface area contributed by atoms with Gasteiger partial charge in [0.25, 0.3) is 5.91 Å². The predicted octanol–water partition coefficient (Wildman–Crippen LogP) is 2.34. The first kappa shape index (κ1) is 22.5. The number of rotatable bonds is 6. The average molecular weight is 461 g/mol. The van der Waals surface area contributed by atoms with Crippen LogP contribution in [0.4, 0.5) is 0 Å². The standard InChI is InChI=1S/C22H28N4O5S/c1-30-22-23-12-9-20(24-22)31-18-10-15-25(16-11-18)21(27)17-5-7-19(8-6-17)32(28,29)26-13-3-2-4-14-26/h5-9,12,18H,2-4,10-11,13-16H2,1H3. The Labute approximate surface area is 188 Å². The Morgan fingerprint density at radius 3 is 2.34 bits per heavy atom. The van der Waals surface area contributed by atoms with E-state index in [2.05, 4.69) is 9.97 Å². The number of aromatic nitrogens is 2. The molecule has 2 aromatic rings. The Kier molecular flexibility index (Phi) is 6.90. The highest BCUT2D eigenvalue weighted by Crippen LogP contribution is 2.23. The van der Waals surface area contributed by atoms with Gasteiger partial charge in [0.1, 0.15) is 6.10 Å². The number of hydrogen-bond acceptors (Lipinski definition) is 7. The Hall–Kier alpha value is -2.72. The van der Waals surface area contributed by atoms with Crippen LogP contribution < -0.4 is 9.47 Å². The van der Waals surface area contributed by atoms with Crippen molar-refractivity contribution in [2.45, 2.75) is 43.1 Å². The van der Waals surface area contributed by atoms with Gasteiger partial charge in [-0.15, -0.1) is 0 Å². The summed E-state index contributed by atoms with van der Waals surface area (Å²) in [6.07, 6.45) is 5.73. The maximum Gasteiger partial charge on any atom is 0.319 e. The number of sulfonamides is 1. The molecule has 1 amide bonds. The normalized spacial score (nSPS) is 18.3. The van der Waals surface area contributed by atoms with Crippen molar-refractivity contribution in [1.29, 1.82) is 0 Å². The highest BCUT2D eigenvalue weighted by atomic mass is 32.2. The molecule has 2 saturated heterocycles. The number of methoxy groups -OCH3 is 1. The number of likely N-dealkylation sites (tertiary alicyclic amines) is 1. The quantitative estimate of drug-likeness (QED) is 0.652. The van der Waals surface area contributed by atoms with E-state index >= 15 is 0 Å². The molecule has 0 N–H and O–H groups in total. The molecule has 0 aliphatic carbocycles. The highest BCUT2D eigenvalue weighted by Gasteiger charge is 2.28. The summed E-state index contributed by atoms with van der Waals surface area (Å²) in [5.74, 6) is 0.348. The highest BCUT2D eigenvalue weighted by molar-refractivity contribution is 7.89. The maximum atomic E-state index is 12.9. The third kappa shape index (κ3) is 5.02. The Bertz CT molecular complexity index is 1030. The molecule has 1 aromatic heterocycles. The summed E-state index contributed by atoms with van der Waals surface area (Å²) >= 11 is 0. The summed E-state index contributed by atoms with van der Waals surface area (Å²) in [5, 5.41) is 0. The van der Waals surface area contributed by atoms with Gasteiger partial charge >= 0.3 is 6.01 Å². The van der Waals surface area contributed by atoms with Crippen molar-refractivity contribution in [2.24, 2.45) is 0 Å². The van der Waals surface area contributed by atoms with E-state index in [0.717, 1.165) is 19.3 Å². The number of hydrogen-bond donors (Lipinski definition) is 0. The van der Waals surface area contributed by atoms with Crippen LogP contribution in [0.5, 0.6) is 11.9 Å². The Balaban J connectivity index is 1.34. The van der Waals surface area contributed by atoms with Gasteiger partial charge in [-0.3, -0.25) is 4.79 Å². The monoisotopic (exact) mass is 460 g/mol. The van der Waals surface area contributed by atoms with Gasteiger partial charge in [-0.05, 0) is 37.1 Å². The third-order valence-electron chi connectivity index (χ3n) is 5.86. The first-order chi connectivity index (χ1) is 15.5. The number of amides is 1. The number of piperidine rings is 2. The smallest absolute Gasteiger partial charge is 0.319 e. The molecule has 10 heteroatoms. The fraction of sp³-hybridized carbons (Fsp3) is 0.500. The van der Waals surface area contributed by atoms with Crippen LogP contribution in [0.25, 0.3) is 0 Å². The summed E-state index contributed by atoms with van der Waals surface area (Å²) in [6, 6.07) is 8.22. The van der Waals surface area contributed by atoms with Crippen molar-refractivity contribution in [3.63, 3.8) is 0 Å². The van der Waals surface area contributed by atoms with E-state index in [4.69, 9.17) is 9.47 Å². The molecule has 0 radical (unpaired) electrons. The summed E-state index contributed by atoms with van der Waals surface area (Å²) in [4.78, 5) is 23.0. The molecule has 9 nitrogen and oxygen atoms in total. The molecule has 2 aliphatic rings. The molecule has 1 aromatic carbocycles. The zero-order valence-electron chi connectivity index (χ0n) is 18.1. The van der Waals surface area contributed by atoms with E-state index in [-0.39, 0.29) is 22.9 Å². The van der Waals surface area contributed by atoms with Crippen LogP contribution in [0, 0.1) is 0 Å². The van der Waals surface area contributed by atoms with Gasteiger partial charge in [-0.25, -0.2) is 13.4 Å². The lowest BCUT2D eigenvalue weighted by molar-refractivity contribution is 0.0586. The molecular weight excluding hydrogens is 432 g/mol. The second kappa shape index (κ2) is 9.83. The second-order valence-corrected chi connectivity index (χ2v) is 9.92. The van der Waals surface area contributed by atoms with Crippen LogP contribution in [0.1, 0.15) is 42.5 Å². The molecule has 2 aliphatic heterocycles. The Morgan fingerprint density at radius 1 is 1.00 bits per heavy atom. The lowest BCUT2D eigenvalue weighted by Gasteiger charge is -2.32. The first-order valence-electron chi connectivity index (χ1n) is 10.9. The lowest BCUT2D eigenvalue weighted by Crippen LogP contribution is -2.41. The summed E-state index contributed by atoms with van der Waals surface area (Å²) in [7, 11) is -2.00. The van der Waals surface area contributed by atoms with Gasteiger partial charge in [0, 0.05) is 56.8 Å². The minimum Gasteiger partial charge on any atom is -0.474 e. The van der Waals surface area contributed by atoms with E-state index in [9.17, 15) is 13.2 Å². The van der Waals surface area contributed by atoms with Gasteiger partial charge < -0.3 is 14.4 Å². The van der Waals surface area contributed by atoms with Gasteiger partial charge in [0.15, 0.2) is 0 Å². The molecule has 3 heterocycles. The zero-order valence-corrected chi connectivity index (χ0v) is 19.0. The summed E-state index contributed by atoms with van der Waals surface area (Å²) < 4.78 is 38.0. The van der Waals surface area contributed by atoms with Crippen molar-refractivity contribution >= 4 is 15.9 Å². The molecule has 0 spiro atoms. The van der Waals surface area contributed by atoms with Crippen molar-refractivity contribution in [3.8, 4) is 11.9 Å². The minimum absolute atomic E-state index is 0.0456. The number of benzene rings is 1. The predicted molar refractivity (Wildman–Crippen MR) is 117 cm³/mol. The molecule has 32 heavy (non-hydrogen) atoms. The third-order valence-corrected chi connectivity index (χ3v) is 7.77. The first-order valence-corrected chi connectivity index (χ1v) is 12.3. The van der Waals surface area contributed by atoms with Crippen molar-refractivity contribution in [2.75, 3.05) is 33.3 Å². The van der Waals surface area contributed by atoms with Gasteiger partial charge in [0.05, 0.1) is 12.0 Å². The topological polar surface area (TPSA) is 102 Å². The fourth-order valence-electron chi connectivity index (χ4n) is 4.04. The van der Waals surface area contributed by atoms with Crippen LogP contribution in [-0.2, 0) is 10.0 Å². The number of carbonyl (C=O) groups excluding carboxylic acids is 1. The van der Waals surface area contributed by atoms with Crippen LogP contribution in [0.2, 0.25) is 0 Å². The number of ether oxygens (including phenoxy) is 2. The van der Waals surface area contributed by atoms with E-state index < -0.39 is 10.0 Å². The van der Waals surface area contributed by atoms with Crippen LogP contribution in [0.3, 0.4) is 0 Å². The van der Waals surface area contributed by atoms with Crippen LogP contribution in [-0.4, -0.2) is 72.9 Å². The molecule has 0 saturated carbocycles. The molecule has 0 bridgehead atoms. The van der Waals surface area contributed by atoms with Crippen LogP contribution >= 0.6 is 0 Å². The molecule has 0 unspecified atom stereocenters. The van der Waals surface area contributed by atoms with Crippen molar-refractivity contribution < 1.29 is 22.7 Å². The second-order valence-electron chi connectivity index (χ2n) is 7.98. The molecule has 2 fully saturated rings. The van der Waals surface area contributed by atoms with E-state index in [1.165, 1.54) is 23.5 Å². The van der Waals surface area contributed by atoms with Crippen molar-refractivity contribution in [3.05, 3.63) is 42.1 Å². The average Bonchev–Trinajstić information content (AvgIpc) is 2.85. The Morgan fingerprint density at radius 2 is 1.69 bits per heavy atom. The fourth-order valence-corrected chi connectivity index (χ4v) is 5.56. The summed E-state index contributed by atoms with van der Waals surface area (Å²) in [5.41, 5.74) is 0.488. The van der Waals surface area contributed by atoms with Gasteiger partial charge in [-0.1, -0.05) is 6.42 Å². The molecule has 172 valence electrons. The van der Waals surface area contributed by atoms with Gasteiger partial charge in [0.2, 0.25) is 15.9 Å².